The van der Waals surface area contributed by atoms with E-state index in [4.69, 9.17) is 27.7 Å². The van der Waals surface area contributed by atoms with Crippen molar-refractivity contribution in [3.8, 4) is 22.6 Å². The maximum atomic E-state index is 10.7. The molecule has 0 aliphatic heterocycles. The molecule has 3 aromatic rings. The third kappa shape index (κ3) is 2.68. The molecule has 1 aromatic heterocycles. The molecule has 2 aromatic carbocycles. The van der Waals surface area contributed by atoms with Crippen molar-refractivity contribution in [2.75, 3.05) is 0 Å². The van der Waals surface area contributed by atoms with Gasteiger partial charge in [0.25, 0.3) is 5.69 Å². The third-order valence-electron chi connectivity index (χ3n) is 3.09. The molecule has 5 nitrogen and oxygen atoms in total. The molecule has 22 heavy (non-hydrogen) atoms. The van der Waals surface area contributed by atoms with Crippen LogP contribution in [0.4, 0.5) is 5.69 Å². The molecule has 0 saturated heterocycles. The molecule has 0 radical (unpaired) electrons. The quantitative estimate of drug-likeness (QED) is 0.486. The van der Waals surface area contributed by atoms with E-state index in [1.165, 1.54) is 12.1 Å². The molecule has 0 aliphatic rings. The summed E-state index contributed by atoms with van der Waals surface area (Å²) in [5.74, 6) is 0.423. The van der Waals surface area contributed by atoms with E-state index in [0.717, 1.165) is 5.56 Å². The van der Waals surface area contributed by atoms with Gasteiger partial charge >= 0.3 is 0 Å². The van der Waals surface area contributed by atoms with Crippen LogP contribution in [0, 0.1) is 10.1 Å². The number of rotatable bonds is 3. The Kier molecular flexibility index (Phi) is 3.83. The summed E-state index contributed by atoms with van der Waals surface area (Å²) in [6.07, 6.45) is 0. The van der Waals surface area contributed by atoms with Crippen molar-refractivity contribution in [1.29, 1.82) is 0 Å². The van der Waals surface area contributed by atoms with Gasteiger partial charge in [-0.25, -0.2) is 0 Å². The molecule has 0 saturated carbocycles. The molecule has 0 fully saturated rings. The fraction of sp³-hybridized carbons (Fsp3) is 0. The number of nitro benzene ring substituents is 1. The van der Waals surface area contributed by atoms with Gasteiger partial charge in [-0.15, -0.1) is 0 Å². The Balaban J connectivity index is 1.99. The summed E-state index contributed by atoms with van der Waals surface area (Å²) in [5, 5.41) is 15.6. The maximum Gasteiger partial charge on any atom is 0.269 e. The highest BCUT2D eigenvalue weighted by Crippen LogP contribution is 2.36. The van der Waals surface area contributed by atoms with Gasteiger partial charge in [0.05, 0.1) is 4.92 Å². The van der Waals surface area contributed by atoms with E-state index in [0.29, 0.717) is 27.1 Å². The van der Waals surface area contributed by atoms with Crippen molar-refractivity contribution in [1.82, 2.24) is 5.16 Å². The van der Waals surface area contributed by atoms with E-state index < -0.39 is 4.92 Å². The van der Waals surface area contributed by atoms with E-state index in [2.05, 4.69) is 5.16 Å². The molecule has 1 heterocycles. The number of non-ortho nitro benzene ring substituents is 1. The lowest BCUT2D eigenvalue weighted by atomic mass is 10.1. The van der Waals surface area contributed by atoms with Gasteiger partial charge in [-0.1, -0.05) is 28.4 Å². The normalized spacial score (nSPS) is 10.6. The summed E-state index contributed by atoms with van der Waals surface area (Å²) in [5.41, 5.74) is 1.82. The summed E-state index contributed by atoms with van der Waals surface area (Å²) >= 11 is 12.2. The average molecular weight is 335 g/mol. The predicted molar refractivity (Wildman–Crippen MR) is 84.0 cm³/mol. The van der Waals surface area contributed by atoms with Gasteiger partial charge in [-0.05, 0) is 36.4 Å². The molecule has 0 aliphatic carbocycles. The van der Waals surface area contributed by atoms with Crippen molar-refractivity contribution < 1.29 is 9.45 Å². The number of nitro groups is 1. The number of benzene rings is 2. The Morgan fingerprint density at radius 3 is 2.14 bits per heavy atom. The highest BCUT2D eigenvalue weighted by atomic mass is 35.5. The molecule has 0 atom stereocenters. The number of hydrogen-bond donors (Lipinski definition) is 0. The molecule has 0 bridgehead atoms. The highest BCUT2D eigenvalue weighted by molar-refractivity contribution is 6.35. The Morgan fingerprint density at radius 1 is 0.955 bits per heavy atom. The van der Waals surface area contributed by atoms with Crippen LogP contribution in [0.5, 0.6) is 0 Å². The van der Waals surface area contributed by atoms with Crippen LogP contribution in [0.3, 0.4) is 0 Å². The molecular formula is C15H8Cl2N2O3. The van der Waals surface area contributed by atoms with Crippen LogP contribution in [0.1, 0.15) is 0 Å². The molecule has 0 N–H and O–H groups in total. The lowest BCUT2D eigenvalue weighted by Gasteiger charge is -1.98. The molecule has 0 amide bonds. The molecule has 0 spiro atoms. The van der Waals surface area contributed by atoms with Crippen molar-refractivity contribution in [2.24, 2.45) is 0 Å². The monoisotopic (exact) mass is 334 g/mol. The molecule has 7 heteroatoms. The second-order valence-electron chi connectivity index (χ2n) is 4.49. The Bertz CT molecular complexity index is 827. The van der Waals surface area contributed by atoms with Gasteiger partial charge in [0.15, 0.2) is 5.76 Å². The summed E-state index contributed by atoms with van der Waals surface area (Å²) in [6.45, 7) is 0. The van der Waals surface area contributed by atoms with Crippen molar-refractivity contribution >= 4 is 28.9 Å². The van der Waals surface area contributed by atoms with E-state index >= 15 is 0 Å². The predicted octanol–water partition coefficient (Wildman–Crippen LogP) is 5.22. The third-order valence-corrected chi connectivity index (χ3v) is 3.70. The molecule has 110 valence electrons. The molecule has 0 unspecified atom stereocenters. The molecular weight excluding hydrogens is 327 g/mol. The fourth-order valence-corrected chi connectivity index (χ4v) is 2.39. The number of nitrogens with zero attached hydrogens (tertiary/aromatic N) is 2. The van der Waals surface area contributed by atoms with Gasteiger partial charge < -0.3 is 4.52 Å². The number of hydrogen-bond acceptors (Lipinski definition) is 4. The lowest BCUT2D eigenvalue weighted by Crippen LogP contribution is -1.87. The topological polar surface area (TPSA) is 69.2 Å². The number of aromatic nitrogens is 1. The first-order valence-electron chi connectivity index (χ1n) is 6.22. The van der Waals surface area contributed by atoms with Crippen LogP contribution < -0.4 is 0 Å². The second kappa shape index (κ2) is 5.79. The van der Waals surface area contributed by atoms with Crippen LogP contribution in [0.2, 0.25) is 10.0 Å². The van der Waals surface area contributed by atoms with E-state index in [1.807, 2.05) is 0 Å². The van der Waals surface area contributed by atoms with Crippen LogP contribution in [-0.2, 0) is 0 Å². The Hall–Kier alpha value is -2.37. The van der Waals surface area contributed by atoms with Gasteiger partial charge in [-0.2, -0.15) is 0 Å². The van der Waals surface area contributed by atoms with Gasteiger partial charge in [0.2, 0.25) is 0 Å². The first kappa shape index (κ1) is 14.6. The van der Waals surface area contributed by atoms with Crippen molar-refractivity contribution in [3.63, 3.8) is 0 Å². The zero-order chi connectivity index (χ0) is 15.7. The van der Waals surface area contributed by atoms with E-state index in [-0.39, 0.29) is 5.69 Å². The van der Waals surface area contributed by atoms with Crippen LogP contribution >= 0.6 is 23.2 Å². The van der Waals surface area contributed by atoms with E-state index in [9.17, 15) is 10.1 Å². The average Bonchev–Trinajstić information content (AvgIpc) is 2.90. The van der Waals surface area contributed by atoms with Gasteiger partial charge in [0.1, 0.15) is 10.7 Å². The highest BCUT2D eigenvalue weighted by Gasteiger charge is 2.18. The zero-order valence-corrected chi connectivity index (χ0v) is 12.5. The second-order valence-corrected chi connectivity index (χ2v) is 5.30. The minimum atomic E-state index is -0.465. The minimum Gasteiger partial charge on any atom is -0.354 e. The fourth-order valence-electron chi connectivity index (χ4n) is 1.98. The van der Waals surface area contributed by atoms with Crippen molar-refractivity contribution in [3.05, 3.63) is 68.7 Å². The lowest BCUT2D eigenvalue weighted by molar-refractivity contribution is -0.384. The summed E-state index contributed by atoms with van der Waals surface area (Å²) in [6, 6.07) is 12.9. The van der Waals surface area contributed by atoms with Crippen molar-refractivity contribution in [2.45, 2.75) is 0 Å². The standard InChI is InChI=1S/C15H8Cl2N2O3/c16-11-5-1-10(2-6-11)15-13(17)14(18-22-15)9-3-7-12(8-4-9)19(20)21/h1-8H. The van der Waals surface area contributed by atoms with Crippen LogP contribution in [0.15, 0.2) is 53.1 Å². The first-order chi connectivity index (χ1) is 10.6. The SMILES string of the molecule is O=[N+]([O-])c1ccc(-c2noc(-c3ccc(Cl)cc3)c2Cl)cc1. The zero-order valence-electron chi connectivity index (χ0n) is 11.0. The number of halogens is 2. The smallest absolute Gasteiger partial charge is 0.269 e. The summed E-state index contributed by atoms with van der Waals surface area (Å²) in [4.78, 5) is 10.2. The first-order valence-corrected chi connectivity index (χ1v) is 6.98. The molecule has 3 rings (SSSR count). The maximum absolute atomic E-state index is 10.7. The minimum absolute atomic E-state index is 0.00120. The summed E-state index contributed by atoms with van der Waals surface area (Å²) < 4.78 is 5.29. The van der Waals surface area contributed by atoms with Crippen LogP contribution in [0.25, 0.3) is 22.6 Å². The van der Waals surface area contributed by atoms with Gasteiger partial charge in [-0.3, -0.25) is 10.1 Å². The Labute approximate surface area is 135 Å². The summed E-state index contributed by atoms with van der Waals surface area (Å²) in [7, 11) is 0. The largest absolute Gasteiger partial charge is 0.354 e. The van der Waals surface area contributed by atoms with Gasteiger partial charge in [0, 0.05) is 28.3 Å². The van der Waals surface area contributed by atoms with Crippen LogP contribution in [-0.4, -0.2) is 10.1 Å². The Morgan fingerprint density at radius 2 is 1.55 bits per heavy atom. The van der Waals surface area contributed by atoms with E-state index in [1.54, 1.807) is 36.4 Å².